The summed E-state index contributed by atoms with van der Waals surface area (Å²) in [5, 5.41) is 8.68. The zero-order valence-corrected chi connectivity index (χ0v) is 8.08. The van der Waals surface area contributed by atoms with Gasteiger partial charge < -0.3 is 16.2 Å². The number of carbonyl (C=O) groups excluding carboxylic acids is 1. The number of hydrogen-bond donors (Lipinski definition) is 2. The molecule has 4 N–H and O–H groups in total. The van der Waals surface area contributed by atoms with E-state index < -0.39 is 35.0 Å². The third kappa shape index (κ3) is 2.75. The highest BCUT2D eigenvalue weighted by Crippen LogP contribution is 2.31. The molecule has 0 saturated carbocycles. The monoisotopic (exact) mass is 246 g/mol. The predicted molar refractivity (Wildman–Crippen MR) is 48.6 cm³/mol. The van der Waals surface area contributed by atoms with Crippen LogP contribution in [0.25, 0.3) is 0 Å². The number of pyridine rings is 1. The zero-order chi connectivity index (χ0) is 13.2. The van der Waals surface area contributed by atoms with Gasteiger partial charge in [0.15, 0.2) is 11.6 Å². The number of hydrogen-bond acceptors (Lipinski definition) is 5. The lowest BCUT2D eigenvalue weighted by atomic mass is 10.1. The van der Waals surface area contributed by atoms with Crippen molar-refractivity contribution in [2.45, 2.75) is 6.36 Å². The minimum absolute atomic E-state index is 0.499. The standard InChI is InChI=1S/C8H5F3N4O2/c9-8(10,11)17-5-3(1-12)4(7(14)16)2-15-6(5)13/h2H,(H2,13,15)(H2,14,16). The molecule has 0 saturated heterocycles. The number of ether oxygens (including phenoxy) is 1. The molecule has 0 aliphatic heterocycles. The van der Waals surface area contributed by atoms with E-state index in [1.165, 1.54) is 6.07 Å². The van der Waals surface area contributed by atoms with E-state index in [0.29, 0.717) is 0 Å². The minimum Gasteiger partial charge on any atom is -0.400 e. The number of alkyl halides is 3. The third-order valence-electron chi connectivity index (χ3n) is 1.66. The largest absolute Gasteiger partial charge is 0.573 e. The smallest absolute Gasteiger partial charge is 0.400 e. The van der Waals surface area contributed by atoms with Crippen LogP contribution in [-0.4, -0.2) is 17.3 Å². The van der Waals surface area contributed by atoms with Crippen molar-refractivity contribution in [3.8, 4) is 11.8 Å². The van der Waals surface area contributed by atoms with Crippen LogP contribution in [0.1, 0.15) is 15.9 Å². The molecule has 0 atom stereocenters. The Hall–Kier alpha value is -2.50. The molecule has 1 aromatic heterocycles. The first-order valence-corrected chi connectivity index (χ1v) is 4.00. The lowest BCUT2D eigenvalue weighted by Gasteiger charge is -2.12. The number of halogens is 3. The number of primary amides is 1. The number of nitrogens with zero attached hydrogens (tertiary/aromatic N) is 2. The first-order chi connectivity index (χ1) is 7.76. The first kappa shape index (κ1) is 12.6. The zero-order valence-electron chi connectivity index (χ0n) is 8.08. The Labute approximate surface area is 92.6 Å². The highest BCUT2D eigenvalue weighted by Gasteiger charge is 2.34. The Bertz CT molecular complexity index is 507. The maximum atomic E-state index is 12.0. The molecule has 1 aromatic rings. The van der Waals surface area contributed by atoms with Gasteiger partial charge in [0.05, 0.1) is 5.56 Å². The molecule has 0 spiro atoms. The van der Waals surface area contributed by atoms with Crippen molar-refractivity contribution < 1.29 is 22.7 Å². The van der Waals surface area contributed by atoms with Gasteiger partial charge in [-0.15, -0.1) is 13.2 Å². The van der Waals surface area contributed by atoms with Crippen LogP contribution in [-0.2, 0) is 0 Å². The van der Waals surface area contributed by atoms with Crippen LogP contribution in [0, 0.1) is 11.3 Å². The molecule has 90 valence electrons. The van der Waals surface area contributed by atoms with Crippen LogP contribution in [0.5, 0.6) is 5.75 Å². The molecule has 1 amide bonds. The summed E-state index contributed by atoms with van der Waals surface area (Å²) < 4.78 is 39.6. The van der Waals surface area contributed by atoms with Crippen LogP contribution in [0.15, 0.2) is 6.20 Å². The van der Waals surface area contributed by atoms with Crippen LogP contribution < -0.4 is 16.2 Å². The van der Waals surface area contributed by atoms with Gasteiger partial charge in [0.1, 0.15) is 11.6 Å². The summed E-state index contributed by atoms with van der Waals surface area (Å²) in [6.07, 6.45) is -4.25. The van der Waals surface area contributed by atoms with Crippen molar-refractivity contribution >= 4 is 11.7 Å². The molecule has 0 aromatic carbocycles. The Kier molecular flexibility index (Phi) is 3.08. The average Bonchev–Trinajstić information content (AvgIpc) is 2.18. The van der Waals surface area contributed by atoms with Crippen LogP contribution in [0.2, 0.25) is 0 Å². The van der Waals surface area contributed by atoms with Gasteiger partial charge in [0, 0.05) is 6.20 Å². The first-order valence-electron chi connectivity index (χ1n) is 4.00. The van der Waals surface area contributed by atoms with E-state index in [-0.39, 0.29) is 0 Å². The highest BCUT2D eigenvalue weighted by atomic mass is 19.4. The van der Waals surface area contributed by atoms with Gasteiger partial charge >= 0.3 is 6.36 Å². The topological polar surface area (TPSA) is 115 Å². The molecule has 9 heteroatoms. The number of rotatable bonds is 2. The number of amides is 1. The van der Waals surface area contributed by atoms with Crippen molar-refractivity contribution in [1.82, 2.24) is 4.98 Å². The van der Waals surface area contributed by atoms with Crippen LogP contribution in [0.4, 0.5) is 19.0 Å². The lowest BCUT2D eigenvalue weighted by Crippen LogP contribution is -2.21. The number of nitrogen functional groups attached to an aromatic ring is 1. The van der Waals surface area contributed by atoms with Gasteiger partial charge in [-0.1, -0.05) is 0 Å². The van der Waals surface area contributed by atoms with E-state index in [1.54, 1.807) is 0 Å². The summed E-state index contributed by atoms with van der Waals surface area (Å²) >= 11 is 0. The van der Waals surface area contributed by atoms with Crippen molar-refractivity contribution in [2.24, 2.45) is 5.73 Å². The number of carbonyl (C=O) groups is 1. The Morgan fingerprint density at radius 3 is 2.53 bits per heavy atom. The predicted octanol–water partition coefficient (Wildman–Crippen LogP) is 0.533. The molecule has 0 aliphatic rings. The summed E-state index contributed by atoms with van der Waals surface area (Å²) in [5.74, 6) is -2.80. The molecule has 0 bridgehead atoms. The van der Waals surface area contributed by atoms with Crippen molar-refractivity contribution in [3.63, 3.8) is 0 Å². The van der Waals surface area contributed by atoms with Gasteiger partial charge in [-0.25, -0.2) is 4.98 Å². The number of anilines is 1. The summed E-state index contributed by atoms with van der Waals surface area (Å²) in [5.41, 5.74) is 8.79. The van der Waals surface area contributed by atoms with Crippen molar-refractivity contribution in [1.29, 1.82) is 5.26 Å². The molecule has 17 heavy (non-hydrogen) atoms. The summed E-state index contributed by atoms with van der Waals surface area (Å²) in [6, 6.07) is 1.36. The Morgan fingerprint density at radius 2 is 2.12 bits per heavy atom. The van der Waals surface area contributed by atoms with E-state index in [4.69, 9.17) is 16.7 Å². The fourth-order valence-electron chi connectivity index (χ4n) is 1.02. The third-order valence-corrected chi connectivity index (χ3v) is 1.66. The molecule has 0 unspecified atom stereocenters. The van der Waals surface area contributed by atoms with Crippen molar-refractivity contribution in [3.05, 3.63) is 17.3 Å². The molecule has 0 aliphatic carbocycles. The summed E-state index contributed by atoms with van der Waals surface area (Å²) in [4.78, 5) is 14.2. The Balaban J connectivity index is 3.42. The second-order valence-corrected chi connectivity index (χ2v) is 2.79. The molecule has 6 nitrogen and oxygen atoms in total. The van der Waals surface area contributed by atoms with E-state index >= 15 is 0 Å². The maximum absolute atomic E-state index is 12.0. The van der Waals surface area contributed by atoms with E-state index in [9.17, 15) is 18.0 Å². The number of aromatic nitrogens is 1. The quantitative estimate of drug-likeness (QED) is 0.789. The van der Waals surface area contributed by atoms with Gasteiger partial charge in [0.2, 0.25) is 0 Å². The SMILES string of the molecule is N#Cc1c(C(N)=O)cnc(N)c1OC(F)(F)F. The number of nitrogens with two attached hydrogens (primary N) is 2. The van der Waals surface area contributed by atoms with E-state index in [0.717, 1.165) is 6.20 Å². The van der Waals surface area contributed by atoms with Gasteiger partial charge in [-0.2, -0.15) is 5.26 Å². The molecular weight excluding hydrogens is 241 g/mol. The molecule has 0 fully saturated rings. The van der Waals surface area contributed by atoms with Crippen LogP contribution >= 0.6 is 0 Å². The average molecular weight is 246 g/mol. The molecular formula is C8H5F3N4O2. The normalized spacial score (nSPS) is 10.7. The van der Waals surface area contributed by atoms with Crippen LogP contribution in [0.3, 0.4) is 0 Å². The fourth-order valence-corrected chi connectivity index (χ4v) is 1.02. The van der Waals surface area contributed by atoms with Gasteiger partial charge in [-0.05, 0) is 0 Å². The van der Waals surface area contributed by atoms with E-state index in [2.05, 4.69) is 9.72 Å². The lowest BCUT2D eigenvalue weighted by molar-refractivity contribution is -0.274. The van der Waals surface area contributed by atoms with Crippen molar-refractivity contribution in [2.75, 3.05) is 5.73 Å². The minimum atomic E-state index is -5.06. The second-order valence-electron chi connectivity index (χ2n) is 2.79. The molecule has 1 rings (SSSR count). The maximum Gasteiger partial charge on any atom is 0.573 e. The summed E-state index contributed by atoms with van der Waals surface area (Å²) in [6.45, 7) is 0. The highest BCUT2D eigenvalue weighted by molar-refractivity contribution is 5.96. The summed E-state index contributed by atoms with van der Waals surface area (Å²) in [7, 11) is 0. The van der Waals surface area contributed by atoms with E-state index in [1.807, 2.05) is 0 Å². The fraction of sp³-hybridized carbons (Fsp3) is 0.125. The van der Waals surface area contributed by atoms with Gasteiger partial charge in [-0.3, -0.25) is 4.79 Å². The second kappa shape index (κ2) is 4.17. The molecule has 1 heterocycles. The number of nitriles is 1. The van der Waals surface area contributed by atoms with Gasteiger partial charge in [0.25, 0.3) is 5.91 Å². The Morgan fingerprint density at radius 1 is 1.53 bits per heavy atom. The molecule has 0 radical (unpaired) electrons.